The first-order valence-corrected chi connectivity index (χ1v) is 9.69. The van der Waals surface area contributed by atoms with E-state index in [0.717, 1.165) is 39.1 Å². The Morgan fingerprint density at radius 2 is 1.85 bits per heavy atom. The Morgan fingerprint density at radius 1 is 1.11 bits per heavy atom. The van der Waals surface area contributed by atoms with Gasteiger partial charge in [-0.05, 0) is 25.0 Å². The number of rotatable bonds is 5. The molecule has 0 spiro atoms. The lowest BCUT2D eigenvalue weighted by molar-refractivity contribution is -0.0361. The number of ether oxygens (including phenoxy) is 1. The molecule has 2 aliphatic rings. The van der Waals surface area contributed by atoms with Crippen molar-refractivity contribution in [3.63, 3.8) is 0 Å². The van der Waals surface area contributed by atoms with Gasteiger partial charge in [-0.1, -0.05) is 19.3 Å². The summed E-state index contributed by atoms with van der Waals surface area (Å²) in [4.78, 5) is 19.6. The van der Waals surface area contributed by atoms with Crippen LogP contribution in [0.5, 0.6) is 0 Å². The molecule has 1 aliphatic carbocycles. The first-order chi connectivity index (χ1) is 13.3. The Labute approximate surface area is 158 Å². The first-order valence-electron chi connectivity index (χ1n) is 9.69. The van der Waals surface area contributed by atoms with E-state index in [0.29, 0.717) is 17.9 Å². The molecule has 8 heteroatoms. The number of hydrogen-bond donors (Lipinski definition) is 1. The van der Waals surface area contributed by atoms with Gasteiger partial charge in [-0.2, -0.15) is 0 Å². The van der Waals surface area contributed by atoms with Crippen LogP contribution in [0.3, 0.4) is 0 Å². The summed E-state index contributed by atoms with van der Waals surface area (Å²) in [5, 5.41) is 10.7. The monoisotopic (exact) mass is 370 g/mol. The van der Waals surface area contributed by atoms with Gasteiger partial charge < -0.3 is 10.1 Å². The van der Waals surface area contributed by atoms with Gasteiger partial charge in [0.15, 0.2) is 0 Å². The second kappa shape index (κ2) is 8.14. The predicted molar refractivity (Wildman–Crippen MR) is 99.7 cm³/mol. The molecule has 0 atom stereocenters. The first kappa shape index (κ1) is 18.1. The summed E-state index contributed by atoms with van der Waals surface area (Å²) in [7, 11) is 0. The van der Waals surface area contributed by atoms with Crippen LogP contribution in [0.15, 0.2) is 31.0 Å². The molecule has 0 bridgehead atoms. The van der Waals surface area contributed by atoms with Crippen LogP contribution in [0, 0.1) is 0 Å². The fourth-order valence-corrected chi connectivity index (χ4v) is 4.19. The topological polar surface area (TPSA) is 85.2 Å². The van der Waals surface area contributed by atoms with E-state index in [4.69, 9.17) is 4.74 Å². The number of carbonyl (C=O) groups excluding carboxylic acids is 1. The molecule has 2 fully saturated rings. The van der Waals surface area contributed by atoms with Crippen molar-refractivity contribution < 1.29 is 9.53 Å². The molecular weight excluding hydrogens is 344 g/mol. The van der Waals surface area contributed by atoms with E-state index in [9.17, 15) is 4.79 Å². The zero-order chi connectivity index (χ0) is 18.5. The third-order valence-corrected chi connectivity index (χ3v) is 5.74. The zero-order valence-corrected chi connectivity index (χ0v) is 15.5. The molecule has 0 radical (unpaired) electrons. The van der Waals surface area contributed by atoms with Crippen molar-refractivity contribution in [2.24, 2.45) is 0 Å². The number of amides is 1. The zero-order valence-electron chi connectivity index (χ0n) is 15.5. The van der Waals surface area contributed by atoms with E-state index in [2.05, 4.69) is 25.4 Å². The molecule has 1 saturated heterocycles. The highest BCUT2D eigenvalue weighted by Crippen LogP contribution is 2.33. The predicted octanol–water partition coefficient (Wildman–Crippen LogP) is 1.43. The van der Waals surface area contributed by atoms with E-state index < -0.39 is 0 Å². The normalized spacial score (nSPS) is 20.3. The fourth-order valence-electron chi connectivity index (χ4n) is 4.19. The molecule has 1 amide bonds. The summed E-state index contributed by atoms with van der Waals surface area (Å²) in [6.45, 7) is 4.14. The highest BCUT2D eigenvalue weighted by atomic mass is 16.5. The molecule has 3 heterocycles. The van der Waals surface area contributed by atoms with E-state index >= 15 is 0 Å². The minimum absolute atomic E-state index is 0.0630. The van der Waals surface area contributed by atoms with Gasteiger partial charge >= 0.3 is 0 Å². The highest BCUT2D eigenvalue weighted by Gasteiger charge is 2.38. The molecule has 144 valence electrons. The summed E-state index contributed by atoms with van der Waals surface area (Å²) in [6, 6.07) is 3.59. The smallest absolute Gasteiger partial charge is 0.252 e. The van der Waals surface area contributed by atoms with E-state index in [1.165, 1.54) is 19.3 Å². The SMILES string of the molecule is O=C(NCC1(N2CCOCC2)CCCCC1)c1ccc(-n2cnnc2)nc1. The molecule has 2 aromatic heterocycles. The maximum Gasteiger partial charge on any atom is 0.252 e. The molecule has 0 aromatic carbocycles. The van der Waals surface area contributed by atoms with Gasteiger partial charge in [-0.25, -0.2) is 4.98 Å². The standard InChI is InChI=1S/C19H26N6O2/c26-18(16-4-5-17(20-12-16)24-14-22-23-15-24)21-13-19(6-2-1-3-7-19)25-8-10-27-11-9-25/h4-5,12,14-15H,1-3,6-11,13H2,(H,21,26). The average molecular weight is 370 g/mol. The van der Waals surface area contributed by atoms with Crippen LogP contribution in [0.2, 0.25) is 0 Å². The van der Waals surface area contributed by atoms with Crippen LogP contribution in [-0.4, -0.2) is 68.9 Å². The maximum absolute atomic E-state index is 12.7. The molecule has 8 nitrogen and oxygen atoms in total. The Kier molecular flexibility index (Phi) is 5.45. The van der Waals surface area contributed by atoms with Crippen molar-refractivity contribution in [2.45, 2.75) is 37.6 Å². The van der Waals surface area contributed by atoms with Gasteiger partial charge in [0.1, 0.15) is 18.5 Å². The lowest BCUT2D eigenvalue weighted by atomic mass is 9.79. The van der Waals surface area contributed by atoms with Crippen molar-refractivity contribution >= 4 is 5.91 Å². The van der Waals surface area contributed by atoms with Crippen LogP contribution in [0.1, 0.15) is 42.5 Å². The quantitative estimate of drug-likeness (QED) is 0.857. The molecule has 0 unspecified atom stereocenters. The van der Waals surface area contributed by atoms with Gasteiger partial charge in [0.25, 0.3) is 5.91 Å². The number of nitrogens with one attached hydrogen (secondary N) is 1. The number of hydrogen-bond acceptors (Lipinski definition) is 6. The van der Waals surface area contributed by atoms with Crippen LogP contribution in [-0.2, 0) is 4.74 Å². The molecular formula is C19H26N6O2. The second-order valence-corrected chi connectivity index (χ2v) is 7.34. The minimum atomic E-state index is -0.0731. The number of morpholine rings is 1. The minimum Gasteiger partial charge on any atom is -0.379 e. The van der Waals surface area contributed by atoms with Gasteiger partial charge in [0.2, 0.25) is 0 Å². The third kappa shape index (κ3) is 4.01. The van der Waals surface area contributed by atoms with Gasteiger partial charge in [-0.15, -0.1) is 10.2 Å². The van der Waals surface area contributed by atoms with Crippen LogP contribution in [0.4, 0.5) is 0 Å². The van der Waals surface area contributed by atoms with Crippen LogP contribution in [0.25, 0.3) is 5.82 Å². The van der Waals surface area contributed by atoms with E-state index in [1.807, 2.05) is 0 Å². The van der Waals surface area contributed by atoms with Crippen LogP contribution < -0.4 is 5.32 Å². The van der Waals surface area contributed by atoms with Gasteiger partial charge in [0, 0.05) is 31.4 Å². The van der Waals surface area contributed by atoms with Crippen molar-refractivity contribution in [1.82, 2.24) is 30.0 Å². The number of pyridine rings is 1. The van der Waals surface area contributed by atoms with Crippen molar-refractivity contribution in [3.8, 4) is 5.82 Å². The van der Waals surface area contributed by atoms with Gasteiger partial charge in [-0.3, -0.25) is 14.3 Å². The van der Waals surface area contributed by atoms with Crippen molar-refractivity contribution in [2.75, 3.05) is 32.8 Å². The van der Waals surface area contributed by atoms with Crippen molar-refractivity contribution in [3.05, 3.63) is 36.5 Å². The van der Waals surface area contributed by atoms with E-state index in [-0.39, 0.29) is 11.4 Å². The Balaban J connectivity index is 1.41. The number of carbonyl (C=O) groups is 1. The lowest BCUT2D eigenvalue weighted by Crippen LogP contribution is -2.59. The molecule has 1 saturated carbocycles. The van der Waals surface area contributed by atoms with Gasteiger partial charge in [0.05, 0.1) is 18.8 Å². The molecule has 1 aliphatic heterocycles. The van der Waals surface area contributed by atoms with E-state index in [1.54, 1.807) is 35.6 Å². The maximum atomic E-state index is 12.7. The Bertz CT molecular complexity index is 734. The third-order valence-electron chi connectivity index (χ3n) is 5.74. The molecule has 2 aromatic rings. The Hall–Kier alpha value is -2.32. The number of nitrogens with zero attached hydrogens (tertiary/aromatic N) is 5. The lowest BCUT2D eigenvalue weighted by Gasteiger charge is -2.48. The Morgan fingerprint density at radius 3 is 2.52 bits per heavy atom. The molecule has 1 N–H and O–H groups in total. The summed E-state index contributed by atoms with van der Waals surface area (Å²) in [5.74, 6) is 0.615. The summed E-state index contributed by atoms with van der Waals surface area (Å²) in [5.41, 5.74) is 0.632. The fraction of sp³-hybridized carbons (Fsp3) is 0.579. The van der Waals surface area contributed by atoms with Crippen LogP contribution >= 0.6 is 0 Å². The summed E-state index contributed by atoms with van der Waals surface area (Å²) >= 11 is 0. The number of aromatic nitrogens is 4. The highest BCUT2D eigenvalue weighted by molar-refractivity contribution is 5.94. The second-order valence-electron chi connectivity index (χ2n) is 7.34. The van der Waals surface area contributed by atoms with Crippen molar-refractivity contribution in [1.29, 1.82) is 0 Å². The molecule has 4 rings (SSSR count). The molecule has 27 heavy (non-hydrogen) atoms. The average Bonchev–Trinajstić information content (AvgIpc) is 3.28. The summed E-state index contributed by atoms with van der Waals surface area (Å²) in [6.07, 6.45) is 10.8. The largest absolute Gasteiger partial charge is 0.379 e. The summed E-state index contributed by atoms with van der Waals surface area (Å²) < 4.78 is 7.23.